The third-order valence-corrected chi connectivity index (χ3v) is 9.09. The van der Waals surface area contributed by atoms with Crippen LogP contribution in [-0.4, -0.2) is 24.0 Å². The van der Waals surface area contributed by atoms with Crippen LogP contribution in [-0.2, 0) is 0 Å². The summed E-state index contributed by atoms with van der Waals surface area (Å²) in [5.41, 5.74) is 2.09. The predicted octanol–water partition coefficient (Wildman–Crippen LogP) is 3.17. The largest absolute Gasteiger partial charge is 1.00 e. The number of aromatic nitrogens is 1. The maximum absolute atomic E-state index is 4.71. The lowest BCUT2D eigenvalue weighted by Crippen LogP contribution is -3.00. The van der Waals surface area contributed by atoms with Gasteiger partial charge in [0, 0.05) is 20.1 Å². The van der Waals surface area contributed by atoms with E-state index in [1.807, 2.05) is 12.3 Å². The van der Waals surface area contributed by atoms with Gasteiger partial charge in [-0.05, 0) is 31.4 Å². The number of halogens is 1. The summed E-state index contributed by atoms with van der Waals surface area (Å²) in [6.45, 7) is 9.58. The van der Waals surface area contributed by atoms with Crippen LogP contribution in [0.4, 0.5) is 0 Å². The van der Waals surface area contributed by atoms with Crippen molar-refractivity contribution in [2.24, 2.45) is 0 Å². The van der Waals surface area contributed by atoms with Gasteiger partial charge in [0.25, 0.3) is 0 Å². The molecule has 0 aliphatic rings. The number of hydrogen-bond donors (Lipinski definition) is 0. The van der Waals surface area contributed by atoms with Crippen molar-refractivity contribution in [2.75, 3.05) is 19.0 Å². The van der Waals surface area contributed by atoms with E-state index in [0.717, 1.165) is 5.66 Å². The third-order valence-electron chi connectivity index (χ3n) is 4.39. The van der Waals surface area contributed by atoms with Crippen LogP contribution in [0.2, 0.25) is 0 Å². The molecular formula is C18H33ClNP. The Balaban J connectivity index is 0.00000400. The number of pyridine rings is 1. The normalized spacial score (nSPS) is 12.8. The monoisotopic (exact) mass is 329 g/mol. The molecular weight excluding hydrogens is 297 g/mol. The summed E-state index contributed by atoms with van der Waals surface area (Å²) < 4.78 is 0. The fraction of sp³-hybridized carbons (Fsp3) is 0.722. The molecule has 21 heavy (non-hydrogen) atoms. The summed E-state index contributed by atoms with van der Waals surface area (Å²) in [7, 11) is -0.913. The van der Waals surface area contributed by atoms with Crippen molar-refractivity contribution >= 4 is 7.26 Å². The molecule has 122 valence electrons. The fourth-order valence-electron chi connectivity index (χ4n) is 3.09. The van der Waals surface area contributed by atoms with Crippen molar-refractivity contribution in [1.82, 2.24) is 4.98 Å². The Kier molecular flexibility index (Phi) is 11.4. The molecule has 0 saturated carbocycles. The zero-order valence-electron chi connectivity index (χ0n) is 14.3. The van der Waals surface area contributed by atoms with Gasteiger partial charge in [0.15, 0.2) is 0 Å². The van der Waals surface area contributed by atoms with E-state index in [2.05, 4.69) is 39.6 Å². The molecule has 1 heterocycles. The van der Waals surface area contributed by atoms with E-state index in [1.54, 1.807) is 0 Å². The van der Waals surface area contributed by atoms with Gasteiger partial charge in [0.1, 0.15) is 5.66 Å². The average molecular weight is 330 g/mol. The lowest BCUT2D eigenvalue weighted by Gasteiger charge is -2.31. The number of unbranched alkanes of at least 4 members (excludes halogenated alkanes) is 2. The van der Waals surface area contributed by atoms with Gasteiger partial charge in [-0.15, -0.1) is 0 Å². The number of rotatable bonds is 10. The molecule has 3 heteroatoms. The summed E-state index contributed by atoms with van der Waals surface area (Å²) in [4.78, 5) is 4.71. The van der Waals surface area contributed by atoms with Gasteiger partial charge < -0.3 is 12.4 Å². The third kappa shape index (κ3) is 6.66. The molecule has 1 rings (SSSR count). The molecule has 0 N–H and O–H groups in total. The van der Waals surface area contributed by atoms with Crippen molar-refractivity contribution in [3.05, 3.63) is 30.1 Å². The molecule has 1 nitrogen and oxygen atoms in total. The Morgan fingerprint density at radius 2 is 1.62 bits per heavy atom. The highest BCUT2D eigenvalue weighted by molar-refractivity contribution is 7.75. The Bertz CT molecular complexity index is 347. The molecule has 1 aromatic rings. The molecule has 0 aromatic carbocycles. The zero-order chi connectivity index (χ0) is 14.8. The minimum Gasteiger partial charge on any atom is -1.00 e. The first-order valence-corrected chi connectivity index (χ1v) is 11.1. The lowest BCUT2D eigenvalue weighted by molar-refractivity contribution is -0.00000461. The SMILES string of the molecule is CCCC[P+](C)(CCCC)C(CCC)c1ccccn1.[Cl-]. The highest BCUT2D eigenvalue weighted by Crippen LogP contribution is 2.68. The molecule has 0 fully saturated rings. The summed E-state index contributed by atoms with van der Waals surface area (Å²) in [5.74, 6) is 0. The van der Waals surface area contributed by atoms with E-state index < -0.39 is 7.26 Å². The van der Waals surface area contributed by atoms with Crippen molar-refractivity contribution in [1.29, 1.82) is 0 Å². The van der Waals surface area contributed by atoms with Crippen molar-refractivity contribution in [3.8, 4) is 0 Å². The second-order valence-electron chi connectivity index (χ2n) is 6.19. The number of nitrogens with zero attached hydrogens (tertiary/aromatic N) is 1. The van der Waals surface area contributed by atoms with Crippen LogP contribution in [0.3, 0.4) is 0 Å². The van der Waals surface area contributed by atoms with Gasteiger partial charge in [-0.25, -0.2) is 0 Å². The van der Waals surface area contributed by atoms with Gasteiger partial charge in [0.2, 0.25) is 0 Å². The standard InChI is InChI=1S/C18H33NP.ClH/c1-5-8-15-20(4,16-9-6-2)18(12-7-3)17-13-10-11-14-19-17;/h10-11,13-14,18H,5-9,12,15-16H2,1-4H3;1H/q+1;/p-1. The average Bonchev–Trinajstić information content (AvgIpc) is 2.49. The highest BCUT2D eigenvalue weighted by Gasteiger charge is 2.40. The molecule has 0 bridgehead atoms. The van der Waals surface area contributed by atoms with Crippen molar-refractivity contribution < 1.29 is 12.4 Å². The number of hydrogen-bond acceptors (Lipinski definition) is 1. The molecule has 1 unspecified atom stereocenters. The smallest absolute Gasteiger partial charge is 0.111 e. The Labute approximate surface area is 139 Å². The molecule has 0 spiro atoms. The van der Waals surface area contributed by atoms with E-state index >= 15 is 0 Å². The lowest BCUT2D eigenvalue weighted by atomic mass is 10.2. The van der Waals surface area contributed by atoms with Crippen LogP contribution in [0.5, 0.6) is 0 Å². The molecule has 0 radical (unpaired) electrons. The van der Waals surface area contributed by atoms with E-state index in [4.69, 9.17) is 4.98 Å². The Morgan fingerprint density at radius 1 is 1.00 bits per heavy atom. The van der Waals surface area contributed by atoms with Gasteiger partial charge in [-0.2, -0.15) is 0 Å². The molecule has 0 amide bonds. The molecule has 0 aliphatic heterocycles. The van der Waals surface area contributed by atoms with Crippen LogP contribution in [0.15, 0.2) is 24.4 Å². The topological polar surface area (TPSA) is 12.9 Å². The maximum Gasteiger partial charge on any atom is 0.111 e. The van der Waals surface area contributed by atoms with E-state index in [1.165, 1.54) is 56.5 Å². The van der Waals surface area contributed by atoms with Crippen molar-refractivity contribution in [2.45, 2.75) is 65.0 Å². The Hall–Kier alpha value is -0.130. The first kappa shape index (κ1) is 20.9. The van der Waals surface area contributed by atoms with E-state index in [0.29, 0.717) is 0 Å². The van der Waals surface area contributed by atoms with Crippen LogP contribution >= 0.6 is 7.26 Å². The van der Waals surface area contributed by atoms with Crippen molar-refractivity contribution in [3.63, 3.8) is 0 Å². The first-order chi connectivity index (χ1) is 9.68. The summed E-state index contributed by atoms with van der Waals surface area (Å²) in [6, 6.07) is 6.46. The zero-order valence-corrected chi connectivity index (χ0v) is 16.0. The van der Waals surface area contributed by atoms with E-state index in [-0.39, 0.29) is 12.4 Å². The molecule has 1 aromatic heterocycles. The van der Waals surface area contributed by atoms with Gasteiger partial charge in [-0.3, -0.25) is 4.98 Å². The summed E-state index contributed by atoms with van der Waals surface area (Å²) in [5, 5.41) is 0. The minimum absolute atomic E-state index is 0. The predicted molar refractivity (Wildman–Crippen MR) is 94.3 cm³/mol. The van der Waals surface area contributed by atoms with Gasteiger partial charge in [-0.1, -0.05) is 46.1 Å². The second-order valence-corrected chi connectivity index (χ2v) is 10.7. The Morgan fingerprint density at radius 3 is 2.05 bits per heavy atom. The maximum atomic E-state index is 4.71. The first-order valence-electron chi connectivity index (χ1n) is 8.43. The van der Waals surface area contributed by atoms with Gasteiger partial charge >= 0.3 is 0 Å². The quantitative estimate of drug-likeness (QED) is 0.601. The van der Waals surface area contributed by atoms with E-state index in [9.17, 15) is 0 Å². The summed E-state index contributed by atoms with van der Waals surface area (Å²) in [6.07, 6.45) is 12.9. The molecule has 0 aliphatic carbocycles. The van der Waals surface area contributed by atoms with Crippen LogP contribution < -0.4 is 12.4 Å². The molecule has 0 saturated heterocycles. The van der Waals surface area contributed by atoms with Crippen LogP contribution in [0, 0.1) is 0 Å². The highest BCUT2D eigenvalue weighted by atomic mass is 35.5. The fourth-order valence-corrected chi connectivity index (χ4v) is 7.68. The van der Waals surface area contributed by atoms with Crippen LogP contribution in [0.1, 0.15) is 70.6 Å². The molecule has 1 atom stereocenters. The van der Waals surface area contributed by atoms with Crippen LogP contribution in [0.25, 0.3) is 0 Å². The van der Waals surface area contributed by atoms with Gasteiger partial charge in [0.05, 0.1) is 18.0 Å². The minimum atomic E-state index is -0.913. The summed E-state index contributed by atoms with van der Waals surface area (Å²) >= 11 is 0. The second kappa shape index (κ2) is 11.4.